The molecule has 0 saturated carbocycles. The minimum Gasteiger partial charge on any atom is -0.288 e. The van der Waals surface area contributed by atoms with Crippen LogP contribution >= 0.6 is 7.29 Å². The van der Waals surface area contributed by atoms with Crippen LogP contribution in [0.2, 0.25) is 0 Å². The van der Waals surface area contributed by atoms with Crippen molar-refractivity contribution < 1.29 is 4.57 Å². The van der Waals surface area contributed by atoms with Gasteiger partial charge in [0.15, 0.2) is 0 Å². The Bertz CT molecular complexity index is 822. The fourth-order valence-corrected chi connectivity index (χ4v) is 5.43. The number of allylic oxidation sites excluding steroid dienone is 3. The van der Waals surface area contributed by atoms with E-state index in [1.54, 1.807) is 0 Å². The molecular formula is C22H24NOP. The normalized spacial score (nSPS) is 19.5. The van der Waals surface area contributed by atoms with E-state index in [2.05, 4.69) is 19.6 Å². The number of rotatable bonds is 4. The van der Waals surface area contributed by atoms with Crippen molar-refractivity contribution in [2.45, 2.75) is 26.7 Å². The van der Waals surface area contributed by atoms with E-state index in [1.807, 2.05) is 67.6 Å². The maximum absolute atomic E-state index is 14.1. The smallest absolute Gasteiger partial charge is 0.247 e. The standard InChI is InChI=1S/C22H24NOP/c1-17(2)21-15-14-18(3)16-22(21)23-25(24,19-10-6-4-7-11-19)20-12-8-5-9-13-20/h4-13,16,21H,1,14-15H2,2-3H3/b23-22+. The second-order valence-electron chi connectivity index (χ2n) is 6.70. The van der Waals surface area contributed by atoms with Crippen LogP contribution in [0.5, 0.6) is 0 Å². The summed E-state index contributed by atoms with van der Waals surface area (Å²) in [6.45, 7) is 8.27. The first-order chi connectivity index (χ1) is 12.0. The van der Waals surface area contributed by atoms with Crippen molar-refractivity contribution in [2.24, 2.45) is 10.7 Å². The van der Waals surface area contributed by atoms with Crippen molar-refractivity contribution in [2.75, 3.05) is 0 Å². The minimum atomic E-state index is -3.09. The van der Waals surface area contributed by atoms with Crippen molar-refractivity contribution in [3.8, 4) is 0 Å². The van der Waals surface area contributed by atoms with E-state index in [1.165, 1.54) is 5.57 Å². The molecule has 0 spiro atoms. The molecule has 0 N–H and O–H groups in total. The lowest BCUT2D eigenvalue weighted by Crippen LogP contribution is -2.21. The highest BCUT2D eigenvalue weighted by molar-refractivity contribution is 7.77. The average molecular weight is 349 g/mol. The van der Waals surface area contributed by atoms with E-state index < -0.39 is 7.29 Å². The van der Waals surface area contributed by atoms with Crippen LogP contribution in [-0.4, -0.2) is 5.71 Å². The van der Waals surface area contributed by atoms with Gasteiger partial charge in [-0.25, -0.2) is 4.76 Å². The molecule has 128 valence electrons. The average Bonchev–Trinajstić information content (AvgIpc) is 2.63. The molecule has 0 heterocycles. The molecule has 2 aromatic carbocycles. The van der Waals surface area contributed by atoms with Crippen molar-refractivity contribution in [1.29, 1.82) is 0 Å². The lowest BCUT2D eigenvalue weighted by Gasteiger charge is -2.25. The predicted octanol–water partition coefficient (Wildman–Crippen LogP) is 5.29. The van der Waals surface area contributed by atoms with Crippen molar-refractivity contribution >= 4 is 23.6 Å². The van der Waals surface area contributed by atoms with E-state index in [-0.39, 0.29) is 5.92 Å². The fraction of sp³-hybridized carbons (Fsp3) is 0.227. The minimum absolute atomic E-state index is 0.171. The summed E-state index contributed by atoms with van der Waals surface area (Å²) in [5, 5.41) is 1.54. The summed E-state index contributed by atoms with van der Waals surface area (Å²) < 4.78 is 19.0. The van der Waals surface area contributed by atoms with Gasteiger partial charge in [-0.15, -0.1) is 0 Å². The Labute approximate surface area is 150 Å². The van der Waals surface area contributed by atoms with E-state index in [0.29, 0.717) is 0 Å². The molecule has 2 nitrogen and oxygen atoms in total. The van der Waals surface area contributed by atoms with Gasteiger partial charge in [0.05, 0.1) is 5.71 Å². The summed E-state index contributed by atoms with van der Waals surface area (Å²) in [4.78, 5) is 0. The summed E-state index contributed by atoms with van der Waals surface area (Å²) in [6, 6.07) is 19.2. The zero-order chi connectivity index (χ0) is 17.9. The van der Waals surface area contributed by atoms with Crippen LogP contribution in [0.25, 0.3) is 0 Å². The van der Waals surface area contributed by atoms with Crippen molar-refractivity contribution in [3.63, 3.8) is 0 Å². The van der Waals surface area contributed by atoms with Crippen LogP contribution in [0.3, 0.4) is 0 Å². The molecule has 3 heteroatoms. The largest absolute Gasteiger partial charge is 0.288 e. The Hall–Kier alpha value is -2.18. The third kappa shape index (κ3) is 3.75. The maximum atomic E-state index is 14.1. The van der Waals surface area contributed by atoms with Crippen molar-refractivity contribution in [3.05, 3.63) is 84.5 Å². The van der Waals surface area contributed by atoms with Crippen LogP contribution in [0, 0.1) is 5.92 Å². The molecule has 0 aliphatic heterocycles. The Morgan fingerprint density at radius 3 is 2.04 bits per heavy atom. The van der Waals surface area contributed by atoms with Crippen LogP contribution in [0.1, 0.15) is 26.7 Å². The second-order valence-corrected chi connectivity index (χ2v) is 9.09. The van der Waals surface area contributed by atoms with Gasteiger partial charge in [0.1, 0.15) is 0 Å². The number of benzene rings is 2. The Kier molecular flexibility index (Phi) is 5.20. The molecule has 1 atom stereocenters. The van der Waals surface area contributed by atoms with Gasteiger partial charge < -0.3 is 0 Å². The first-order valence-electron chi connectivity index (χ1n) is 8.64. The Balaban J connectivity index is 2.20. The first kappa shape index (κ1) is 17.6. The fourth-order valence-electron chi connectivity index (χ4n) is 3.23. The summed E-state index contributed by atoms with van der Waals surface area (Å²) in [6.07, 6.45) is 4.12. The number of hydrogen-bond donors (Lipinski definition) is 0. The first-order valence-corrected chi connectivity index (χ1v) is 10.3. The van der Waals surface area contributed by atoms with Gasteiger partial charge in [-0.3, -0.25) is 4.57 Å². The molecule has 0 saturated heterocycles. The lowest BCUT2D eigenvalue weighted by atomic mass is 9.84. The lowest BCUT2D eigenvalue weighted by molar-refractivity contribution is 0.587. The monoisotopic (exact) mass is 349 g/mol. The molecule has 1 aliphatic rings. The molecule has 2 aromatic rings. The highest BCUT2D eigenvalue weighted by Crippen LogP contribution is 2.46. The summed E-state index contributed by atoms with van der Waals surface area (Å²) in [7, 11) is -3.09. The summed E-state index contributed by atoms with van der Waals surface area (Å²) in [5.74, 6) is 0.171. The molecule has 3 rings (SSSR count). The topological polar surface area (TPSA) is 29.4 Å². The summed E-state index contributed by atoms with van der Waals surface area (Å²) in [5.41, 5.74) is 3.26. The predicted molar refractivity (Wildman–Crippen MR) is 108 cm³/mol. The van der Waals surface area contributed by atoms with E-state index in [0.717, 1.165) is 34.7 Å². The Morgan fingerprint density at radius 2 is 1.56 bits per heavy atom. The van der Waals surface area contributed by atoms with Crippen LogP contribution in [0.4, 0.5) is 0 Å². The molecular weight excluding hydrogens is 325 g/mol. The SMILES string of the molecule is C=C(C)C1CCC(C)=C/C1=N\P(=O)(c1ccccc1)c1ccccc1. The van der Waals surface area contributed by atoms with Gasteiger partial charge in [0.25, 0.3) is 0 Å². The second kappa shape index (κ2) is 7.37. The molecule has 1 aliphatic carbocycles. The third-order valence-corrected chi connectivity index (χ3v) is 7.15. The molecule has 1 unspecified atom stereocenters. The van der Waals surface area contributed by atoms with Gasteiger partial charge in [-0.2, -0.15) is 0 Å². The molecule has 0 aromatic heterocycles. The quantitative estimate of drug-likeness (QED) is 0.545. The molecule has 0 fully saturated rings. The van der Waals surface area contributed by atoms with Gasteiger partial charge in [0.2, 0.25) is 7.29 Å². The maximum Gasteiger partial charge on any atom is 0.247 e. The van der Waals surface area contributed by atoms with E-state index in [9.17, 15) is 4.57 Å². The van der Waals surface area contributed by atoms with Gasteiger partial charge in [0, 0.05) is 16.5 Å². The van der Waals surface area contributed by atoms with Crippen LogP contribution in [-0.2, 0) is 4.57 Å². The molecule has 0 radical (unpaired) electrons. The third-order valence-electron chi connectivity index (χ3n) is 4.64. The summed E-state index contributed by atoms with van der Waals surface area (Å²) >= 11 is 0. The van der Waals surface area contributed by atoms with Crippen molar-refractivity contribution in [1.82, 2.24) is 0 Å². The van der Waals surface area contributed by atoms with Crippen LogP contribution < -0.4 is 10.6 Å². The highest BCUT2D eigenvalue weighted by atomic mass is 31.2. The van der Waals surface area contributed by atoms with E-state index >= 15 is 0 Å². The molecule has 0 amide bonds. The molecule has 25 heavy (non-hydrogen) atoms. The Morgan fingerprint density at radius 1 is 1.04 bits per heavy atom. The van der Waals surface area contributed by atoms with Gasteiger partial charge in [-0.05, 0) is 57.0 Å². The zero-order valence-electron chi connectivity index (χ0n) is 14.9. The van der Waals surface area contributed by atoms with E-state index in [4.69, 9.17) is 4.76 Å². The van der Waals surface area contributed by atoms with Gasteiger partial charge >= 0.3 is 0 Å². The van der Waals surface area contributed by atoms with Crippen LogP contribution in [0.15, 0.2) is 89.2 Å². The number of nitrogens with zero attached hydrogens (tertiary/aromatic N) is 1. The van der Waals surface area contributed by atoms with Gasteiger partial charge in [-0.1, -0.05) is 54.1 Å². The highest BCUT2D eigenvalue weighted by Gasteiger charge is 2.29. The number of hydrogen-bond acceptors (Lipinski definition) is 1. The molecule has 0 bridgehead atoms. The zero-order valence-corrected chi connectivity index (χ0v) is 15.7.